The van der Waals surface area contributed by atoms with E-state index in [1.807, 2.05) is 18.2 Å². The summed E-state index contributed by atoms with van der Waals surface area (Å²) < 4.78 is 17.6. The lowest BCUT2D eigenvalue weighted by atomic mass is 9.75. The molecule has 6 nitrogen and oxygen atoms in total. The van der Waals surface area contributed by atoms with Gasteiger partial charge in [-0.15, -0.1) is 0 Å². The summed E-state index contributed by atoms with van der Waals surface area (Å²) in [6, 6.07) is 5.40. The molecule has 3 N–H and O–H groups in total. The highest BCUT2D eigenvalue weighted by atomic mass is 16.6. The molecule has 6 heteroatoms. The molecule has 0 bridgehead atoms. The fourth-order valence-electron chi connectivity index (χ4n) is 5.03. The van der Waals surface area contributed by atoms with E-state index in [1.165, 1.54) is 19.3 Å². The number of carbonyl (C=O) groups excluding carboxylic acids is 1. The normalized spacial score (nSPS) is 25.3. The van der Waals surface area contributed by atoms with Crippen molar-refractivity contribution in [1.29, 1.82) is 0 Å². The predicted octanol–water partition coefficient (Wildman–Crippen LogP) is 5.20. The number of methoxy groups -OCH3 is 1. The van der Waals surface area contributed by atoms with E-state index in [0.717, 1.165) is 31.2 Å². The van der Waals surface area contributed by atoms with Crippen LogP contribution in [-0.2, 0) is 4.74 Å². The van der Waals surface area contributed by atoms with Gasteiger partial charge in [0.15, 0.2) is 11.5 Å². The minimum absolute atomic E-state index is 0.0423. The number of alkyl carbamates (subject to hydrolysis) is 1. The second kappa shape index (κ2) is 11.1. The van der Waals surface area contributed by atoms with Gasteiger partial charge in [0.05, 0.1) is 19.3 Å². The Kier molecular flexibility index (Phi) is 8.47. The molecule has 0 heterocycles. The minimum Gasteiger partial charge on any atom is -0.493 e. The van der Waals surface area contributed by atoms with Crippen molar-refractivity contribution in [3.8, 4) is 11.5 Å². The summed E-state index contributed by atoms with van der Waals surface area (Å²) in [7, 11) is 1.64. The smallest absolute Gasteiger partial charge is 0.407 e. The Morgan fingerprint density at radius 2 is 1.90 bits per heavy atom. The maximum absolute atomic E-state index is 12.8. The highest BCUT2D eigenvalue weighted by Crippen LogP contribution is 2.36. The molecule has 2 aliphatic carbocycles. The van der Waals surface area contributed by atoms with Gasteiger partial charge >= 0.3 is 6.09 Å². The molecule has 2 aliphatic rings. The zero-order valence-electron chi connectivity index (χ0n) is 19.6. The van der Waals surface area contributed by atoms with Crippen LogP contribution in [0.1, 0.15) is 77.3 Å². The fraction of sp³-hybridized carbons (Fsp3) is 0.720. The van der Waals surface area contributed by atoms with E-state index < -0.39 is 6.09 Å². The zero-order valence-corrected chi connectivity index (χ0v) is 19.6. The van der Waals surface area contributed by atoms with Gasteiger partial charge in [0.25, 0.3) is 0 Å². The van der Waals surface area contributed by atoms with E-state index in [1.54, 1.807) is 7.11 Å². The van der Waals surface area contributed by atoms with Crippen molar-refractivity contribution < 1.29 is 19.0 Å². The van der Waals surface area contributed by atoms with Gasteiger partial charge in [0.1, 0.15) is 6.10 Å². The molecule has 1 amide bonds. The molecule has 1 aromatic carbocycles. The SMILES string of the molecule is COc1ccc([C@H](CN)NC(=O)OC2CC(C)CCC2C(C)C)cc1OC1CCCC1. The van der Waals surface area contributed by atoms with Crippen LogP contribution in [0.25, 0.3) is 0 Å². The zero-order chi connectivity index (χ0) is 22.4. The number of amides is 1. The monoisotopic (exact) mass is 432 g/mol. The molecular formula is C25H40N2O4. The van der Waals surface area contributed by atoms with Crippen LogP contribution < -0.4 is 20.5 Å². The van der Waals surface area contributed by atoms with E-state index in [2.05, 4.69) is 26.1 Å². The summed E-state index contributed by atoms with van der Waals surface area (Å²) >= 11 is 0. The summed E-state index contributed by atoms with van der Waals surface area (Å²) in [5.74, 6) is 2.89. The molecule has 4 atom stereocenters. The van der Waals surface area contributed by atoms with E-state index in [-0.39, 0.29) is 24.8 Å². The van der Waals surface area contributed by atoms with Gasteiger partial charge in [0.2, 0.25) is 0 Å². The summed E-state index contributed by atoms with van der Waals surface area (Å²) in [5.41, 5.74) is 6.92. The van der Waals surface area contributed by atoms with Gasteiger partial charge in [-0.2, -0.15) is 0 Å². The molecule has 0 saturated heterocycles. The van der Waals surface area contributed by atoms with Crippen molar-refractivity contribution in [2.24, 2.45) is 23.5 Å². The molecule has 31 heavy (non-hydrogen) atoms. The number of hydrogen-bond acceptors (Lipinski definition) is 5. The van der Waals surface area contributed by atoms with Gasteiger partial charge < -0.3 is 25.3 Å². The first-order valence-corrected chi connectivity index (χ1v) is 11.9. The third kappa shape index (κ3) is 6.28. The lowest BCUT2D eigenvalue weighted by molar-refractivity contribution is 0.00501. The van der Waals surface area contributed by atoms with Crippen molar-refractivity contribution in [3.63, 3.8) is 0 Å². The minimum atomic E-state index is -0.394. The van der Waals surface area contributed by atoms with Crippen LogP contribution in [0.15, 0.2) is 18.2 Å². The number of carbonyl (C=O) groups is 1. The van der Waals surface area contributed by atoms with E-state index in [0.29, 0.717) is 29.3 Å². The molecule has 174 valence electrons. The number of nitrogens with one attached hydrogen (secondary N) is 1. The quantitative estimate of drug-likeness (QED) is 0.590. The number of rotatable bonds is 8. The predicted molar refractivity (Wildman–Crippen MR) is 122 cm³/mol. The van der Waals surface area contributed by atoms with Crippen molar-refractivity contribution in [3.05, 3.63) is 23.8 Å². The maximum Gasteiger partial charge on any atom is 0.407 e. The van der Waals surface area contributed by atoms with Crippen LogP contribution in [0.5, 0.6) is 11.5 Å². The molecule has 0 spiro atoms. The number of benzene rings is 1. The third-order valence-corrected chi connectivity index (χ3v) is 6.93. The Morgan fingerprint density at radius 1 is 1.16 bits per heavy atom. The summed E-state index contributed by atoms with van der Waals surface area (Å²) in [6.07, 6.45) is 7.54. The molecule has 0 aromatic heterocycles. The van der Waals surface area contributed by atoms with Crippen molar-refractivity contribution in [2.75, 3.05) is 13.7 Å². The van der Waals surface area contributed by atoms with Gasteiger partial charge in [-0.3, -0.25) is 0 Å². The molecule has 1 aromatic rings. The standard InChI is InChI=1S/C25H40N2O4/c1-16(2)20-11-9-17(3)13-23(20)31-25(28)27-21(15-26)18-10-12-22(29-4)24(14-18)30-19-7-5-6-8-19/h10,12,14,16-17,19-21,23H,5-9,11,13,15,26H2,1-4H3,(H,27,28)/t17?,20?,21-,23?/m0/s1. The van der Waals surface area contributed by atoms with Crippen LogP contribution in [-0.4, -0.2) is 32.0 Å². The van der Waals surface area contributed by atoms with Gasteiger partial charge in [0, 0.05) is 6.54 Å². The number of hydrogen-bond donors (Lipinski definition) is 2. The first-order valence-electron chi connectivity index (χ1n) is 11.9. The topological polar surface area (TPSA) is 82.8 Å². The lowest BCUT2D eigenvalue weighted by Gasteiger charge is -2.36. The molecule has 2 saturated carbocycles. The molecule has 3 unspecified atom stereocenters. The van der Waals surface area contributed by atoms with Gasteiger partial charge in [-0.1, -0.05) is 33.3 Å². The summed E-state index contributed by atoms with van der Waals surface area (Å²) in [5, 5.41) is 2.98. The van der Waals surface area contributed by atoms with Crippen LogP contribution in [0.3, 0.4) is 0 Å². The van der Waals surface area contributed by atoms with E-state index in [9.17, 15) is 4.79 Å². The van der Waals surface area contributed by atoms with Crippen molar-refractivity contribution >= 4 is 6.09 Å². The largest absolute Gasteiger partial charge is 0.493 e. The van der Waals surface area contributed by atoms with Crippen molar-refractivity contribution in [2.45, 2.75) is 84.0 Å². The summed E-state index contributed by atoms with van der Waals surface area (Å²) in [6.45, 7) is 6.93. The Balaban J connectivity index is 1.67. The Bertz CT molecular complexity index is 717. The molecule has 0 radical (unpaired) electrons. The van der Waals surface area contributed by atoms with Crippen LogP contribution in [0, 0.1) is 17.8 Å². The summed E-state index contributed by atoms with van der Waals surface area (Å²) in [4.78, 5) is 12.8. The van der Waals surface area contributed by atoms with E-state index >= 15 is 0 Å². The highest BCUT2D eigenvalue weighted by Gasteiger charge is 2.33. The molecule has 0 aliphatic heterocycles. The average molecular weight is 433 g/mol. The second-order valence-corrected chi connectivity index (χ2v) is 9.64. The van der Waals surface area contributed by atoms with Gasteiger partial charge in [-0.25, -0.2) is 4.79 Å². The lowest BCUT2D eigenvalue weighted by Crippen LogP contribution is -2.41. The highest BCUT2D eigenvalue weighted by molar-refractivity contribution is 5.68. The maximum atomic E-state index is 12.8. The average Bonchev–Trinajstić information content (AvgIpc) is 3.25. The number of ether oxygens (including phenoxy) is 3. The fourth-order valence-corrected chi connectivity index (χ4v) is 5.03. The van der Waals surface area contributed by atoms with Gasteiger partial charge in [-0.05, 0) is 74.0 Å². The van der Waals surface area contributed by atoms with Crippen LogP contribution in [0.2, 0.25) is 0 Å². The molecule has 2 fully saturated rings. The molecule has 3 rings (SSSR count). The van der Waals surface area contributed by atoms with E-state index in [4.69, 9.17) is 19.9 Å². The first-order chi connectivity index (χ1) is 14.9. The number of nitrogens with two attached hydrogens (primary N) is 1. The van der Waals surface area contributed by atoms with Crippen LogP contribution >= 0.6 is 0 Å². The Hall–Kier alpha value is -1.95. The van der Waals surface area contributed by atoms with Crippen molar-refractivity contribution in [1.82, 2.24) is 5.32 Å². The molecular weight excluding hydrogens is 392 g/mol. The Labute approximate surface area is 187 Å². The second-order valence-electron chi connectivity index (χ2n) is 9.64. The Morgan fingerprint density at radius 3 is 2.55 bits per heavy atom. The third-order valence-electron chi connectivity index (χ3n) is 6.93. The van der Waals surface area contributed by atoms with Crippen LogP contribution in [0.4, 0.5) is 4.79 Å². The first kappa shape index (κ1) is 23.7.